The third-order valence-corrected chi connectivity index (χ3v) is 3.94. The molecule has 0 saturated carbocycles. The lowest BCUT2D eigenvalue weighted by molar-refractivity contribution is 0.102. The standard InChI is InChI=1S/C11H7BrCl2N4O/c12-5-1-2-6(10(14)9(5)13)18-11(19)7-3-16-4-8(15)17-7/h1-4H,(H2,15,17)(H,18,19). The van der Waals surface area contributed by atoms with Gasteiger partial charge in [-0.15, -0.1) is 0 Å². The van der Waals surface area contributed by atoms with Crippen LogP contribution in [0.15, 0.2) is 29.0 Å². The number of anilines is 2. The lowest BCUT2D eigenvalue weighted by Gasteiger charge is -2.09. The third-order valence-electron chi connectivity index (χ3n) is 2.17. The maximum absolute atomic E-state index is 11.9. The van der Waals surface area contributed by atoms with Gasteiger partial charge in [0.2, 0.25) is 0 Å². The van der Waals surface area contributed by atoms with Gasteiger partial charge < -0.3 is 11.1 Å². The summed E-state index contributed by atoms with van der Waals surface area (Å²) in [6.45, 7) is 0. The van der Waals surface area contributed by atoms with E-state index >= 15 is 0 Å². The molecule has 0 unspecified atom stereocenters. The van der Waals surface area contributed by atoms with Gasteiger partial charge in [-0.25, -0.2) is 4.98 Å². The maximum atomic E-state index is 11.9. The van der Waals surface area contributed by atoms with Crippen LogP contribution in [0, 0.1) is 0 Å². The third kappa shape index (κ3) is 3.15. The van der Waals surface area contributed by atoms with Crippen LogP contribution in [0.3, 0.4) is 0 Å². The van der Waals surface area contributed by atoms with Crippen LogP contribution < -0.4 is 11.1 Å². The first-order valence-corrected chi connectivity index (χ1v) is 6.56. The molecule has 5 nitrogen and oxygen atoms in total. The van der Waals surface area contributed by atoms with Gasteiger partial charge in [-0.1, -0.05) is 23.2 Å². The van der Waals surface area contributed by atoms with E-state index in [1.165, 1.54) is 12.4 Å². The molecule has 2 rings (SSSR count). The molecule has 1 heterocycles. The lowest BCUT2D eigenvalue weighted by atomic mass is 10.3. The number of amides is 1. The smallest absolute Gasteiger partial charge is 0.275 e. The second-order valence-corrected chi connectivity index (χ2v) is 5.12. The van der Waals surface area contributed by atoms with Gasteiger partial charge in [-0.2, -0.15) is 0 Å². The van der Waals surface area contributed by atoms with Crippen molar-refractivity contribution in [3.63, 3.8) is 0 Å². The number of aromatic nitrogens is 2. The van der Waals surface area contributed by atoms with Gasteiger partial charge in [0, 0.05) is 4.47 Å². The van der Waals surface area contributed by atoms with Crippen molar-refractivity contribution in [3.8, 4) is 0 Å². The molecule has 0 saturated heterocycles. The van der Waals surface area contributed by atoms with Crippen molar-refractivity contribution >= 4 is 56.5 Å². The van der Waals surface area contributed by atoms with E-state index in [0.29, 0.717) is 15.2 Å². The second-order valence-electron chi connectivity index (χ2n) is 3.51. The van der Waals surface area contributed by atoms with Crippen LogP contribution in [0.5, 0.6) is 0 Å². The highest BCUT2D eigenvalue weighted by Crippen LogP contribution is 2.35. The Morgan fingerprint density at radius 2 is 2.00 bits per heavy atom. The highest BCUT2D eigenvalue weighted by atomic mass is 79.9. The predicted octanol–water partition coefficient (Wildman–Crippen LogP) is 3.38. The summed E-state index contributed by atoms with van der Waals surface area (Å²) >= 11 is 15.2. The van der Waals surface area contributed by atoms with E-state index in [1.807, 2.05) is 0 Å². The van der Waals surface area contributed by atoms with Crippen molar-refractivity contribution in [2.24, 2.45) is 0 Å². The van der Waals surface area contributed by atoms with E-state index in [4.69, 9.17) is 28.9 Å². The number of carbonyl (C=O) groups is 1. The Labute approximate surface area is 127 Å². The van der Waals surface area contributed by atoms with Gasteiger partial charge in [0.1, 0.15) is 11.5 Å². The fourth-order valence-corrected chi connectivity index (χ4v) is 2.12. The second kappa shape index (κ2) is 5.73. The monoisotopic (exact) mass is 360 g/mol. The molecule has 0 fully saturated rings. The molecular weight excluding hydrogens is 355 g/mol. The highest BCUT2D eigenvalue weighted by molar-refractivity contribution is 9.10. The summed E-state index contributed by atoms with van der Waals surface area (Å²) in [5, 5.41) is 3.14. The number of benzene rings is 1. The molecule has 0 spiro atoms. The Balaban J connectivity index is 2.27. The molecular formula is C11H7BrCl2N4O. The zero-order valence-electron chi connectivity index (χ0n) is 9.32. The van der Waals surface area contributed by atoms with Gasteiger partial charge >= 0.3 is 0 Å². The first-order chi connectivity index (χ1) is 8.99. The number of halogens is 3. The van der Waals surface area contributed by atoms with Gasteiger partial charge in [0.25, 0.3) is 5.91 Å². The number of rotatable bonds is 2. The fourth-order valence-electron chi connectivity index (χ4n) is 1.30. The molecule has 19 heavy (non-hydrogen) atoms. The van der Waals surface area contributed by atoms with Gasteiger partial charge in [0.05, 0.1) is 28.1 Å². The molecule has 0 aliphatic carbocycles. The van der Waals surface area contributed by atoms with Crippen LogP contribution in [-0.2, 0) is 0 Å². The lowest BCUT2D eigenvalue weighted by Crippen LogP contribution is -2.15. The Hall–Kier alpha value is -1.37. The van der Waals surface area contributed by atoms with Crippen LogP contribution in [0.4, 0.5) is 11.5 Å². The zero-order chi connectivity index (χ0) is 14.0. The number of nitrogen functional groups attached to an aromatic ring is 1. The summed E-state index contributed by atoms with van der Waals surface area (Å²) in [5.41, 5.74) is 5.93. The zero-order valence-corrected chi connectivity index (χ0v) is 12.4. The number of hydrogen-bond donors (Lipinski definition) is 2. The van der Waals surface area contributed by atoms with Crippen molar-refractivity contribution in [1.82, 2.24) is 9.97 Å². The van der Waals surface area contributed by atoms with E-state index in [1.54, 1.807) is 12.1 Å². The normalized spacial score (nSPS) is 10.3. The largest absolute Gasteiger partial charge is 0.382 e. The van der Waals surface area contributed by atoms with Gasteiger partial charge in [0.15, 0.2) is 0 Å². The molecule has 0 radical (unpaired) electrons. The number of hydrogen-bond acceptors (Lipinski definition) is 4. The minimum absolute atomic E-state index is 0.0927. The van der Waals surface area contributed by atoms with Crippen molar-refractivity contribution in [3.05, 3.63) is 44.7 Å². The molecule has 0 bridgehead atoms. The molecule has 0 aliphatic heterocycles. The molecule has 2 aromatic rings. The molecule has 0 atom stereocenters. The fraction of sp³-hybridized carbons (Fsp3) is 0. The summed E-state index contributed by atoms with van der Waals surface area (Å²) in [4.78, 5) is 19.6. The molecule has 98 valence electrons. The van der Waals surface area contributed by atoms with Crippen molar-refractivity contribution < 1.29 is 4.79 Å². The van der Waals surface area contributed by atoms with Gasteiger partial charge in [-0.05, 0) is 28.1 Å². The van der Waals surface area contributed by atoms with E-state index in [9.17, 15) is 4.79 Å². The number of nitrogens with one attached hydrogen (secondary N) is 1. The summed E-state index contributed by atoms with van der Waals surface area (Å²) in [6.07, 6.45) is 2.65. The summed E-state index contributed by atoms with van der Waals surface area (Å²) < 4.78 is 0.640. The van der Waals surface area contributed by atoms with Crippen LogP contribution in [0.25, 0.3) is 0 Å². The van der Waals surface area contributed by atoms with Crippen molar-refractivity contribution in [2.75, 3.05) is 11.1 Å². The molecule has 1 amide bonds. The topological polar surface area (TPSA) is 80.9 Å². The first kappa shape index (κ1) is 14.0. The average molecular weight is 362 g/mol. The SMILES string of the molecule is Nc1cncc(C(=O)Nc2ccc(Br)c(Cl)c2Cl)n1. The molecule has 8 heteroatoms. The van der Waals surface area contributed by atoms with E-state index in [-0.39, 0.29) is 16.5 Å². The summed E-state index contributed by atoms with van der Waals surface area (Å²) in [6, 6.07) is 3.30. The maximum Gasteiger partial charge on any atom is 0.275 e. The minimum atomic E-state index is -0.472. The molecule has 1 aromatic heterocycles. The van der Waals surface area contributed by atoms with Crippen LogP contribution in [-0.4, -0.2) is 15.9 Å². The quantitative estimate of drug-likeness (QED) is 0.803. The number of carbonyl (C=O) groups excluding carboxylic acids is 1. The highest BCUT2D eigenvalue weighted by Gasteiger charge is 2.13. The summed E-state index contributed by atoms with van der Waals surface area (Å²) in [5.74, 6) is -0.312. The Bertz CT molecular complexity index is 651. The van der Waals surface area contributed by atoms with E-state index in [0.717, 1.165) is 0 Å². The number of nitrogens with two attached hydrogens (primary N) is 1. The van der Waals surface area contributed by atoms with Crippen molar-refractivity contribution in [1.29, 1.82) is 0 Å². The van der Waals surface area contributed by atoms with Crippen LogP contribution in [0.2, 0.25) is 10.0 Å². The van der Waals surface area contributed by atoms with E-state index < -0.39 is 5.91 Å². The molecule has 3 N–H and O–H groups in total. The number of nitrogens with zero attached hydrogens (tertiary/aromatic N) is 2. The Morgan fingerprint density at radius 1 is 1.26 bits per heavy atom. The average Bonchev–Trinajstić information content (AvgIpc) is 2.39. The Morgan fingerprint density at radius 3 is 2.68 bits per heavy atom. The summed E-state index contributed by atoms with van der Waals surface area (Å²) in [7, 11) is 0. The minimum Gasteiger partial charge on any atom is -0.382 e. The van der Waals surface area contributed by atoms with Crippen LogP contribution in [0.1, 0.15) is 10.5 Å². The first-order valence-electron chi connectivity index (χ1n) is 5.01. The molecule has 1 aromatic carbocycles. The van der Waals surface area contributed by atoms with E-state index in [2.05, 4.69) is 31.2 Å². The van der Waals surface area contributed by atoms with Gasteiger partial charge in [-0.3, -0.25) is 9.78 Å². The Kier molecular flexibility index (Phi) is 4.24. The van der Waals surface area contributed by atoms with Crippen molar-refractivity contribution in [2.45, 2.75) is 0 Å². The molecule has 0 aliphatic rings. The predicted molar refractivity (Wildman–Crippen MR) is 78.6 cm³/mol. The van der Waals surface area contributed by atoms with Crippen LogP contribution >= 0.6 is 39.1 Å².